The lowest BCUT2D eigenvalue weighted by atomic mass is 9.98. The van der Waals surface area contributed by atoms with Crippen molar-refractivity contribution in [3.63, 3.8) is 0 Å². The molecule has 0 aliphatic carbocycles. The second-order valence-corrected chi connectivity index (χ2v) is 10.5. The van der Waals surface area contributed by atoms with Gasteiger partial charge in [-0.3, -0.25) is 4.90 Å². The van der Waals surface area contributed by atoms with Crippen molar-refractivity contribution in [1.29, 1.82) is 0 Å². The van der Waals surface area contributed by atoms with Gasteiger partial charge in [0.2, 0.25) is 0 Å². The molecule has 0 bridgehead atoms. The van der Waals surface area contributed by atoms with Gasteiger partial charge in [0.15, 0.2) is 9.84 Å². The number of likely N-dealkylation sites (tertiary alicyclic amines) is 1. The van der Waals surface area contributed by atoms with E-state index in [-0.39, 0.29) is 11.6 Å². The van der Waals surface area contributed by atoms with Gasteiger partial charge < -0.3 is 0 Å². The van der Waals surface area contributed by atoms with Gasteiger partial charge in [-0.2, -0.15) is 0 Å². The van der Waals surface area contributed by atoms with Crippen LogP contribution in [-0.4, -0.2) is 26.4 Å². The largest absolute Gasteiger partial charge is 0.284 e. The Bertz CT molecular complexity index is 1150. The third-order valence-corrected chi connectivity index (χ3v) is 7.42. The predicted molar refractivity (Wildman–Crippen MR) is 116 cm³/mol. The molecule has 0 unspecified atom stereocenters. The van der Waals surface area contributed by atoms with Gasteiger partial charge in [-0.25, -0.2) is 17.2 Å². The zero-order valence-corrected chi connectivity index (χ0v) is 18.2. The van der Waals surface area contributed by atoms with Crippen LogP contribution in [0.15, 0.2) is 71.0 Å². The molecule has 2 aromatic carbocycles. The van der Waals surface area contributed by atoms with Crippen molar-refractivity contribution in [3.05, 3.63) is 104 Å². The zero-order valence-electron chi connectivity index (χ0n) is 15.8. The monoisotopic (exact) mass is 465 g/mol. The number of sulfone groups is 1. The van der Waals surface area contributed by atoms with Crippen LogP contribution in [0.3, 0.4) is 0 Å². The average Bonchev–Trinajstić information content (AvgIpc) is 3.14. The lowest BCUT2D eigenvalue weighted by molar-refractivity contribution is 0.204. The van der Waals surface area contributed by atoms with Gasteiger partial charge in [0.05, 0.1) is 11.8 Å². The SMILES string of the molecule is O=S(=O)(C=C1CN([C@@H](c2ccc(Cl)cc2)c2cccs2)C1)Cc1cc(F)cc(F)c1. The van der Waals surface area contributed by atoms with Crippen LogP contribution in [0.4, 0.5) is 8.78 Å². The lowest BCUT2D eigenvalue weighted by Gasteiger charge is -2.40. The summed E-state index contributed by atoms with van der Waals surface area (Å²) in [6.45, 7) is 1.00. The highest BCUT2D eigenvalue weighted by Gasteiger charge is 2.31. The van der Waals surface area contributed by atoms with Gasteiger partial charge in [0.1, 0.15) is 11.6 Å². The predicted octanol–water partition coefficient (Wildman–Crippen LogP) is 5.58. The molecule has 0 saturated carbocycles. The van der Waals surface area contributed by atoms with Gasteiger partial charge in [-0.15, -0.1) is 11.3 Å². The first kappa shape index (κ1) is 21.2. The Balaban J connectivity index is 1.50. The molecule has 1 aliphatic rings. The van der Waals surface area contributed by atoms with E-state index in [0.29, 0.717) is 18.1 Å². The fourth-order valence-corrected chi connectivity index (χ4v) is 5.98. The standard InChI is InChI=1S/C22H18ClF2NO2S2/c23-18-5-3-17(4-6-18)22(21-2-1-7-29-21)26-11-16(12-26)14-30(27,28)13-15-8-19(24)10-20(25)9-15/h1-10,14,22H,11-13H2/t22-/m0/s1. The molecule has 1 aliphatic heterocycles. The first-order chi connectivity index (χ1) is 14.3. The maximum absolute atomic E-state index is 13.3. The van der Waals surface area contributed by atoms with E-state index in [4.69, 9.17) is 11.6 Å². The fraction of sp³-hybridized carbons (Fsp3) is 0.182. The van der Waals surface area contributed by atoms with Crippen LogP contribution >= 0.6 is 22.9 Å². The Morgan fingerprint density at radius 1 is 1.07 bits per heavy atom. The molecule has 1 atom stereocenters. The second-order valence-electron chi connectivity index (χ2n) is 7.24. The van der Waals surface area contributed by atoms with E-state index >= 15 is 0 Å². The summed E-state index contributed by atoms with van der Waals surface area (Å²) < 4.78 is 51.7. The second kappa shape index (κ2) is 8.59. The summed E-state index contributed by atoms with van der Waals surface area (Å²) in [5, 5.41) is 3.91. The van der Waals surface area contributed by atoms with Gasteiger partial charge >= 0.3 is 0 Å². The molecule has 3 nitrogen and oxygen atoms in total. The average molecular weight is 466 g/mol. The van der Waals surface area contributed by atoms with E-state index in [2.05, 4.69) is 11.0 Å². The Kier molecular flexibility index (Phi) is 6.06. The Morgan fingerprint density at radius 3 is 2.33 bits per heavy atom. The van der Waals surface area contributed by atoms with Gasteiger partial charge in [-0.05, 0) is 52.4 Å². The van der Waals surface area contributed by atoms with Crippen molar-refractivity contribution in [2.24, 2.45) is 0 Å². The number of hydrogen-bond donors (Lipinski definition) is 0. The van der Waals surface area contributed by atoms with Crippen LogP contribution in [0.1, 0.15) is 22.0 Å². The number of benzene rings is 2. The van der Waals surface area contributed by atoms with Crippen LogP contribution in [-0.2, 0) is 15.6 Å². The molecule has 0 N–H and O–H groups in total. The molecule has 0 spiro atoms. The van der Waals surface area contributed by atoms with E-state index in [1.54, 1.807) is 11.3 Å². The normalized spacial score (nSPS) is 15.6. The quantitative estimate of drug-likeness (QED) is 0.476. The summed E-state index contributed by atoms with van der Waals surface area (Å²) in [7, 11) is -3.64. The van der Waals surface area contributed by atoms with Gasteiger partial charge in [-0.1, -0.05) is 29.8 Å². The highest BCUT2D eigenvalue weighted by Crippen LogP contribution is 2.37. The van der Waals surface area contributed by atoms with Crippen molar-refractivity contribution in [1.82, 2.24) is 4.90 Å². The summed E-state index contributed by atoms with van der Waals surface area (Å²) >= 11 is 7.66. The highest BCUT2D eigenvalue weighted by atomic mass is 35.5. The summed E-state index contributed by atoms with van der Waals surface area (Å²) in [5.41, 5.74) is 1.94. The topological polar surface area (TPSA) is 37.4 Å². The molecule has 4 rings (SSSR count). The summed E-state index contributed by atoms with van der Waals surface area (Å²) in [4.78, 5) is 3.34. The first-order valence-corrected chi connectivity index (χ1v) is 12.2. The number of halogens is 3. The van der Waals surface area contributed by atoms with E-state index in [9.17, 15) is 17.2 Å². The van der Waals surface area contributed by atoms with Crippen LogP contribution < -0.4 is 0 Å². The number of nitrogens with zero attached hydrogens (tertiary/aromatic N) is 1. The molecule has 1 aromatic heterocycles. The fourth-order valence-electron chi connectivity index (χ4n) is 3.60. The molecule has 0 amide bonds. The summed E-state index contributed by atoms with van der Waals surface area (Å²) in [5.74, 6) is -2.01. The molecule has 3 aromatic rings. The van der Waals surface area contributed by atoms with Crippen molar-refractivity contribution in [3.8, 4) is 0 Å². The third-order valence-electron chi connectivity index (χ3n) is 4.81. The van der Waals surface area contributed by atoms with E-state index in [0.717, 1.165) is 34.2 Å². The third kappa shape index (κ3) is 4.98. The molecule has 30 heavy (non-hydrogen) atoms. The minimum atomic E-state index is -3.64. The zero-order chi connectivity index (χ0) is 21.3. The number of thiophene rings is 1. The minimum absolute atomic E-state index is 0.0134. The molecule has 156 valence electrons. The van der Waals surface area contributed by atoms with E-state index < -0.39 is 27.2 Å². The van der Waals surface area contributed by atoms with Crippen molar-refractivity contribution < 1.29 is 17.2 Å². The van der Waals surface area contributed by atoms with Gasteiger partial charge in [0.25, 0.3) is 0 Å². The van der Waals surface area contributed by atoms with E-state index in [1.165, 1.54) is 5.41 Å². The van der Waals surface area contributed by atoms with Crippen LogP contribution in [0.25, 0.3) is 0 Å². The Labute approximate surface area is 183 Å². The molecule has 1 fully saturated rings. The van der Waals surface area contributed by atoms with Gasteiger partial charge in [0, 0.05) is 34.5 Å². The van der Waals surface area contributed by atoms with Crippen LogP contribution in [0.5, 0.6) is 0 Å². The lowest BCUT2D eigenvalue weighted by Crippen LogP contribution is -2.43. The molecular formula is C22H18ClF2NO2S2. The maximum atomic E-state index is 13.3. The van der Waals surface area contributed by atoms with Crippen LogP contribution in [0.2, 0.25) is 5.02 Å². The Morgan fingerprint density at radius 2 is 1.73 bits per heavy atom. The molecule has 0 radical (unpaired) electrons. The van der Waals surface area contributed by atoms with Crippen molar-refractivity contribution >= 4 is 32.8 Å². The van der Waals surface area contributed by atoms with E-state index in [1.807, 2.05) is 35.7 Å². The highest BCUT2D eigenvalue weighted by molar-refractivity contribution is 7.93. The van der Waals surface area contributed by atoms with Crippen molar-refractivity contribution in [2.75, 3.05) is 13.1 Å². The Hall–Kier alpha value is -2.06. The molecule has 8 heteroatoms. The summed E-state index contributed by atoms with van der Waals surface area (Å²) in [6, 6.07) is 14.5. The molecular weight excluding hydrogens is 448 g/mol. The maximum Gasteiger partial charge on any atom is 0.175 e. The smallest absolute Gasteiger partial charge is 0.175 e. The van der Waals surface area contributed by atoms with Crippen molar-refractivity contribution in [2.45, 2.75) is 11.8 Å². The first-order valence-electron chi connectivity index (χ1n) is 9.19. The number of rotatable bonds is 6. The molecule has 2 heterocycles. The van der Waals surface area contributed by atoms with Crippen LogP contribution in [0, 0.1) is 11.6 Å². The minimum Gasteiger partial charge on any atom is -0.284 e. The number of hydrogen-bond acceptors (Lipinski definition) is 4. The summed E-state index contributed by atoms with van der Waals surface area (Å²) in [6.07, 6.45) is 0. The molecule has 1 saturated heterocycles.